The third-order valence-corrected chi connectivity index (χ3v) is 2.49. The van der Waals surface area contributed by atoms with E-state index in [1.165, 1.54) is 6.07 Å². The summed E-state index contributed by atoms with van der Waals surface area (Å²) in [5, 5.41) is 11.2. The van der Waals surface area contributed by atoms with E-state index in [2.05, 4.69) is 17.2 Å². The molecule has 0 radical (unpaired) electrons. The molecule has 0 aliphatic rings. The Morgan fingerprint density at radius 1 is 1.48 bits per heavy atom. The highest BCUT2D eigenvalue weighted by Crippen LogP contribution is 2.10. The average molecular weight is 293 g/mol. The Hall–Kier alpha value is -2.06. The molecule has 1 aromatic rings. The lowest BCUT2D eigenvalue weighted by Gasteiger charge is -2.09. The molecule has 1 amide bonds. The number of hydrogen-bond donors (Lipinski definition) is 2. The van der Waals surface area contributed by atoms with Crippen molar-refractivity contribution in [2.45, 2.75) is 26.8 Å². The smallest absolute Gasteiger partial charge is 0.407 e. The van der Waals surface area contributed by atoms with E-state index in [1.54, 1.807) is 12.1 Å². The van der Waals surface area contributed by atoms with E-state index in [1.807, 2.05) is 13.8 Å². The molecule has 0 spiro atoms. The Morgan fingerprint density at radius 2 is 2.24 bits per heavy atom. The second-order valence-corrected chi connectivity index (χ2v) is 4.93. The minimum Gasteiger partial charge on any atom is -0.449 e. The number of ether oxygens (including phenoxy) is 1. The first-order valence-corrected chi connectivity index (χ1v) is 6.81. The van der Waals surface area contributed by atoms with E-state index >= 15 is 0 Å². The first-order chi connectivity index (χ1) is 10.0. The van der Waals surface area contributed by atoms with E-state index in [9.17, 15) is 9.18 Å². The van der Waals surface area contributed by atoms with Crippen molar-refractivity contribution in [3.63, 3.8) is 0 Å². The molecule has 0 aliphatic heterocycles. The van der Waals surface area contributed by atoms with Crippen LogP contribution in [0.4, 0.5) is 9.18 Å². The van der Waals surface area contributed by atoms with Gasteiger partial charge >= 0.3 is 6.09 Å². The van der Waals surface area contributed by atoms with E-state index in [-0.39, 0.29) is 19.1 Å². The number of amides is 1. The fraction of sp³-hybridized carbons (Fsp3) is 0.438. The number of hydrogen-bond acceptors (Lipinski definition) is 3. The second kappa shape index (κ2) is 8.98. The number of alkyl carbamates (subject to hydrolysis) is 1. The highest BCUT2D eigenvalue weighted by molar-refractivity contribution is 5.67. The van der Waals surface area contributed by atoms with E-state index in [4.69, 9.17) is 9.84 Å². The highest BCUT2D eigenvalue weighted by atomic mass is 19.1. The van der Waals surface area contributed by atoms with Gasteiger partial charge in [0.1, 0.15) is 5.82 Å². The molecule has 0 aliphatic carbocycles. The van der Waals surface area contributed by atoms with Gasteiger partial charge in [-0.1, -0.05) is 25.7 Å². The molecule has 114 valence electrons. The molecule has 0 bridgehead atoms. The van der Waals surface area contributed by atoms with E-state index < -0.39 is 11.9 Å². The molecule has 0 atom stereocenters. The van der Waals surface area contributed by atoms with Gasteiger partial charge in [0.15, 0.2) is 0 Å². The molecule has 0 fully saturated rings. The fourth-order valence-corrected chi connectivity index (χ4v) is 1.47. The Kier molecular flexibility index (Phi) is 7.27. The van der Waals surface area contributed by atoms with E-state index in [0.717, 1.165) is 0 Å². The summed E-state index contributed by atoms with van der Waals surface area (Å²) in [7, 11) is 0. The Balaban J connectivity index is 2.60. The van der Waals surface area contributed by atoms with Gasteiger partial charge in [-0.25, -0.2) is 9.18 Å². The number of halogens is 1. The quantitative estimate of drug-likeness (QED) is 0.820. The summed E-state index contributed by atoms with van der Waals surface area (Å²) in [6.07, 6.45) is -0.202. The molecule has 0 saturated carbocycles. The molecule has 0 saturated heterocycles. The van der Waals surface area contributed by atoms with Crippen LogP contribution in [-0.4, -0.2) is 24.4 Å². The number of carbonyl (C=O) groups excluding carboxylic acids is 1. The zero-order valence-corrected chi connectivity index (χ0v) is 12.3. The van der Waals surface area contributed by atoms with Gasteiger partial charge in [-0.15, -0.1) is 0 Å². The highest BCUT2D eigenvalue weighted by Gasteiger charge is 2.07. The number of benzene rings is 1. The van der Waals surface area contributed by atoms with Crippen molar-refractivity contribution >= 4 is 6.09 Å². The van der Waals surface area contributed by atoms with Crippen LogP contribution >= 0.6 is 0 Å². The van der Waals surface area contributed by atoms with Gasteiger partial charge in [0, 0.05) is 24.1 Å². The lowest BCUT2D eigenvalue weighted by atomic mass is 10.1. The van der Waals surface area contributed by atoms with Crippen molar-refractivity contribution in [1.29, 1.82) is 0 Å². The van der Waals surface area contributed by atoms with Gasteiger partial charge in [-0.3, -0.25) is 0 Å². The molecule has 21 heavy (non-hydrogen) atoms. The zero-order valence-electron chi connectivity index (χ0n) is 12.3. The lowest BCUT2D eigenvalue weighted by Crippen LogP contribution is -2.25. The van der Waals surface area contributed by atoms with Crippen LogP contribution in [0.2, 0.25) is 0 Å². The maximum Gasteiger partial charge on any atom is 0.407 e. The molecule has 1 aromatic carbocycles. The van der Waals surface area contributed by atoms with Gasteiger partial charge < -0.3 is 15.2 Å². The van der Waals surface area contributed by atoms with Crippen molar-refractivity contribution < 1.29 is 19.0 Å². The third-order valence-electron chi connectivity index (χ3n) is 2.49. The third kappa shape index (κ3) is 6.77. The topological polar surface area (TPSA) is 58.6 Å². The van der Waals surface area contributed by atoms with Crippen LogP contribution in [0, 0.1) is 23.6 Å². The van der Waals surface area contributed by atoms with Gasteiger partial charge in [0.25, 0.3) is 0 Å². The van der Waals surface area contributed by atoms with Gasteiger partial charge in [-0.05, 0) is 24.1 Å². The van der Waals surface area contributed by atoms with Gasteiger partial charge in [0.2, 0.25) is 0 Å². The van der Waals surface area contributed by atoms with E-state index in [0.29, 0.717) is 24.2 Å². The molecular formula is C16H20FNO3. The Morgan fingerprint density at radius 3 is 2.90 bits per heavy atom. The predicted molar refractivity (Wildman–Crippen MR) is 78.0 cm³/mol. The van der Waals surface area contributed by atoms with Crippen LogP contribution in [0.25, 0.3) is 0 Å². The largest absolute Gasteiger partial charge is 0.449 e. The zero-order chi connectivity index (χ0) is 15.7. The first kappa shape index (κ1) is 17.0. The molecular weight excluding hydrogens is 273 g/mol. The van der Waals surface area contributed by atoms with Crippen molar-refractivity contribution in [2.24, 2.45) is 5.92 Å². The summed E-state index contributed by atoms with van der Waals surface area (Å²) in [4.78, 5) is 11.4. The van der Waals surface area contributed by atoms with Crippen molar-refractivity contribution in [2.75, 3.05) is 13.2 Å². The van der Waals surface area contributed by atoms with Crippen LogP contribution in [0.15, 0.2) is 18.2 Å². The summed E-state index contributed by atoms with van der Waals surface area (Å²) >= 11 is 0. The minimum absolute atomic E-state index is 0.00962. The standard InChI is InChI=1S/C16H20FNO3/c1-12(2)11-21-16(20)18-10-14-9-13(5-3-4-8-19)6-7-15(14)17/h6-7,9,12,19H,4,8,10-11H2,1-2H3,(H,18,20). The summed E-state index contributed by atoms with van der Waals surface area (Å²) in [6.45, 7) is 4.21. The molecule has 4 nitrogen and oxygen atoms in total. The summed E-state index contributed by atoms with van der Waals surface area (Å²) in [6, 6.07) is 4.43. The Bertz CT molecular complexity index is 532. The second-order valence-electron chi connectivity index (χ2n) is 4.93. The van der Waals surface area contributed by atoms with Gasteiger partial charge in [0.05, 0.1) is 13.2 Å². The van der Waals surface area contributed by atoms with Crippen molar-refractivity contribution in [1.82, 2.24) is 5.32 Å². The summed E-state index contributed by atoms with van der Waals surface area (Å²) in [5.41, 5.74) is 0.976. The lowest BCUT2D eigenvalue weighted by molar-refractivity contribution is 0.132. The molecule has 2 N–H and O–H groups in total. The number of nitrogens with one attached hydrogen (secondary N) is 1. The predicted octanol–water partition coefficient (Wildman–Crippen LogP) is 2.44. The molecule has 1 rings (SSSR count). The number of aliphatic hydroxyl groups excluding tert-OH is 1. The molecule has 0 aromatic heterocycles. The fourth-order valence-electron chi connectivity index (χ4n) is 1.47. The first-order valence-electron chi connectivity index (χ1n) is 6.81. The Labute approximate surface area is 124 Å². The van der Waals surface area contributed by atoms with Crippen LogP contribution in [-0.2, 0) is 11.3 Å². The van der Waals surface area contributed by atoms with Crippen LogP contribution in [0.3, 0.4) is 0 Å². The molecule has 0 unspecified atom stereocenters. The molecule has 5 heteroatoms. The number of carbonyl (C=O) groups is 1. The SMILES string of the molecule is CC(C)COC(=O)NCc1cc(C#CCCO)ccc1F. The molecule has 0 heterocycles. The minimum atomic E-state index is -0.570. The average Bonchev–Trinajstić information content (AvgIpc) is 2.45. The number of aliphatic hydroxyl groups is 1. The maximum atomic E-state index is 13.6. The number of rotatable bonds is 5. The van der Waals surface area contributed by atoms with Crippen LogP contribution in [0.1, 0.15) is 31.4 Å². The normalized spacial score (nSPS) is 9.95. The van der Waals surface area contributed by atoms with Crippen molar-refractivity contribution in [3.05, 3.63) is 35.1 Å². The monoisotopic (exact) mass is 293 g/mol. The van der Waals surface area contributed by atoms with Gasteiger partial charge in [-0.2, -0.15) is 0 Å². The summed E-state index contributed by atoms with van der Waals surface area (Å²) in [5.74, 6) is 5.42. The summed E-state index contributed by atoms with van der Waals surface area (Å²) < 4.78 is 18.6. The van der Waals surface area contributed by atoms with Crippen molar-refractivity contribution in [3.8, 4) is 11.8 Å². The van der Waals surface area contributed by atoms with Crippen LogP contribution < -0.4 is 5.32 Å². The maximum absolute atomic E-state index is 13.6. The van der Waals surface area contributed by atoms with Crippen LogP contribution in [0.5, 0.6) is 0 Å².